The summed E-state index contributed by atoms with van der Waals surface area (Å²) in [5.41, 5.74) is 5.25. The van der Waals surface area contributed by atoms with Crippen LogP contribution in [0.4, 0.5) is 0 Å². The van der Waals surface area contributed by atoms with Crippen molar-refractivity contribution in [3.05, 3.63) is 12.7 Å². The predicted molar refractivity (Wildman–Crippen MR) is 81.1 cm³/mol. The van der Waals surface area contributed by atoms with Gasteiger partial charge in [-0.25, -0.2) is 4.79 Å². The van der Waals surface area contributed by atoms with Gasteiger partial charge < -0.3 is 23.7 Å². The maximum absolute atomic E-state index is 10.3. The van der Waals surface area contributed by atoms with Gasteiger partial charge in [0.25, 0.3) is 0 Å². The molecule has 0 aromatic heterocycles. The highest BCUT2D eigenvalue weighted by molar-refractivity contribution is 6.60. The Morgan fingerprint density at radius 3 is 2.20 bits per heavy atom. The van der Waals surface area contributed by atoms with Gasteiger partial charge in [-0.3, -0.25) is 0 Å². The third-order valence-corrected chi connectivity index (χ3v) is 5.35. The topological polar surface area (TPSA) is 80.0 Å². The van der Waals surface area contributed by atoms with Crippen molar-refractivity contribution in [2.24, 2.45) is 5.73 Å². The molecule has 0 amide bonds. The Hall–Kier alpha value is -0.733. The largest absolute Gasteiger partial charge is 0.501 e. The minimum Gasteiger partial charge on any atom is -0.463 e. The van der Waals surface area contributed by atoms with E-state index in [1.807, 2.05) is 6.92 Å². The molecule has 0 unspecified atom stereocenters. The molecule has 0 aliphatic carbocycles. The Morgan fingerprint density at radius 2 is 1.85 bits per heavy atom. The first-order chi connectivity index (χ1) is 9.55. The van der Waals surface area contributed by atoms with E-state index in [1.54, 1.807) is 14.2 Å². The lowest BCUT2D eigenvalue weighted by atomic mass is 10.4. The van der Waals surface area contributed by atoms with Crippen LogP contribution in [0.15, 0.2) is 12.7 Å². The van der Waals surface area contributed by atoms with Crippen LogP contribution in [0.1, 0.15) is 33.1 Å². The summed E-state index contributed by atoms with van der Waals surface area (Å²) >= 11 is 0. The van der Waals surface area contributed by atoms with Gasteiger partial charge >= 0.3 is 14.8 Å². The lowest BCUT2D eigenvalue weighted by molar-refractivity contribution is -0.137. The van der Waals surface area contributed by atoms with Crippen LogP contribution in [0.3, 0.4) is 0 Å². The summed E-state index contributed by atoms with van der Waals surface area (Å²) in [7, 11) is 0.828. The van der Waals surface area contributed by atoms with E-state index < -0.39 is 8.80 Å². The van der Waals surface area contributed by atoms with E-state index in [0.717, 1.165) is 25.3 Å². The molecular weight excluding hydrogens is 278 g/mol. The van der Waals surface area contributed by atoms with Crippen molar-refractivity contribution >= 4 is 14.8 Å². The highest BCUT2D eigenvalue weighted by Crippen LogP contribution is 2.14. The molecule has 120 valence electrons. The molecule has 0 aromatic carbocycles. The van der Waals surface area contributed by atoms with Crippen molar-refractivity contribution < 1.29 is 22.8 Å². The van der Waals surface area contributed by atoms with Crippen LogP contribution in [-0.4, -0.2) is 42.3 Å². The minimum atomic E-state index is -2.37. The minimum absolute atomic E-state index is 0.161. The van der Waals surface area contributed by atoms with Crippen molar-refractivity contribution in [1.82, 2.24) is 0 Å². The van der Waals surface area contributed by atoms with Crippen LogP contribution in [0.5, 0.6) is 0 Å². The van der Waals surface area contributed by atoms with Crippen LogP contribution in [0.25, 0.3) is 0 Å². The molecule has 0 aliphatic rings. The maximum atomic E-state index is 10.3. The van der Waals surface area contributed by atoms with Crippen molar-refractivity contribution in [2.75, 3.05) is 27.6 Å². The van der Waals surface area contributed by atoms with Gasteiger partial charge in [0.1, 0.15) is 0 Å². The summed E-state index contributed by atoms with van der Waals surface area (Å²) in [4.78, 5) is 10.3. The first kappa shape index (κ1) is 21.6. The van der Waals surface area contributed by atoms with Crippen LogP contribution in [0, 0.1) is 0 Å². The molecule has 0 aromatic rings. The van der Waals surface area contributed by atoms with Gasteiger partial charge in [0, 0.05) is 26.3 Å². The third kappa shape index (κ3) is 11.1. The smallest absolute Gasteiger partial charge is 0.463 e. The van der Waals surface area contributed by atoms with Crippen molar-refractivity contribution in [3.63, 3.8) is 0 Å². The number of ether oxygens (including phenoxy) is 1. The van der Waals surface area contributed by atoms with E-state index in [1.165, 1.54) is 6.08 Å². The van der Waals surface area contributed by atoms with E-state index in [-0.39, 0.29) is 12.7 Å². The van der Waals surface area contributed by atoms with Crippen LogP contribution < -0.4 is 5.73 Å². The van der Waals surface area contributed by atoms with Gasteiger partial charge in [-0.15, -0.1) is 0 Å². The van der Waals surface area contributed by atoms with Crippen LogP contribution in [-0.2, 0) is 22.8 Å². The molecule has 0 aliphatic heterocycles. The Kier molecular flexibility index (Phi) is 15.8. The Labute approximate surface area is 123 Å². The summed E-state index contributed by atoms with van der Waals surface area (Å²) < 4.78 is 20.3. The average Bonchev–Trinajstić information content (AvgIpc) is 2.47. The first-order valence-corrected chi connectivity index (χ1v) is 8.72. The SMILES string of the molecule is C=CC(=O)OCCCC.CCC[Si](OC)(OC)OCN. The molecule has 0 saturated heterocycles. The average molecular weight is 307 g/mol. The summed E-state index contributed by atoms with van der Waals surface area (Å²) in [6, 6.07) is 0.817. The molecule has 2 N–H and O–H groups in total. The van der Waals surface area contributed by atoms with Gasteiger partial charge in [-0.2, -0.15) is 0 Å². The highest BCUT2D eigenvalue weighted by Gasteiger charge is 2.37. The van der Waals surface area contributed by atoms with E-state index in [4.69, 9.17) is 19.0 Å². The maximum Gasteiger partial charge on any atom is 0.501 e. The van der Waals surface area contributed by atoms with Gasteiger partial charge in [0.05, 0.1) is 13.3 Å². The number of nitrogens with two attached hydrogens (primary N) is 1. The van der Waals surface area contributed by atoms with Crippen molar-refractivity contribution in [2.45, 2.75) is 39.2 Å². The third-order valence-electron chi connectivity index (χ3n) is 2.39. The fourth-order valence-electron chi connectivity index (χ4n) is 1.29. The second-order valence-electron chi connectivity index (χ2n) is 3.88. The molecule has 0 spiro atoms. The highest BCUT2D eigenvalue weighted by atomic mass is 28.4. The molecule has 0 fully saturated rings. The number of carbonyl (C=O) groups excluding carboxylic acids is 1. The molecule has 0 radical (unpaired) electrons. The fourth-order valence-corrected chi connectivity index (χ4v) is 3.11. The summed E-state index contributed by atoms with van der Waals surface area (Å²) in [5.74, 6) is -0.330. The Morgan fingerprint density at radius 1 is 1.25 bits per heavy atom. The van der Waals surface area contributed by atoms with Crippen molar-refractivity contribution in [1.29, 1.82) is 0 Å². The molecule has 0 bridgehead atoms. The lowest BCUT2D eigenvalue weighted by Crippen LogP contribution is -2.45. The van der Waals surface area contributed by atoms with E-state index in [0.29, 0.717) is 6.61 Å². The second-order valence-corrected chi connectivity index (χ2v) is 6.85. The van der Waals surface area contributed by atoms with Gasteiger partial charge in [0.15, 0.2) is 0 Å². The first-order valence-electron chi connectivity index (χ1n) is 6.79. The predicted octanol–water partition coefficient (Wildman–Crippen LogP) is 2.08. The number of rotatable bonds is 10. The zero-order valence-corrected chi connectivity index (χ0v) is 14.1. The molecule has 20 heavy (non-hydrogen) atoms. The van der Waals surface area contributed by atoms with Crippen LogP contribution in [0.2, 0.25) is 6.04 Å². The van der Waals surface area contributed by atoms with Crippen molar-refractivity contribution in [3.8, 4) is 0 Å². The van der Waals surface area contributed by atoms with Gasteiger partial charge in [-0.1, -0.05) is 33.3 Å². The number of hydrogen-bond donors (Lipinski definition) is 1. The molecule has 0 saturated carbocycles. The Bertz CT molecular complexity index is 239. The van der Waals surface area contributed by atoms with E-state index in [2.05, 4.69) is 18.2 Å². The monoisotopic (exact) mass is 307 g/mol. The zero-order valence-electron chi connectivity index (χ0n) is 13.1. The molecule has 7 heteroatoms. The zero-order chi connectivity index (χ0) is 15.9. The molecular formula is C13H29NO5Si. The number of carbonyl (C=O) groups is 1. The number of esters is 1. The molecule has 6 nitrogen and oxygen atoms in total. The normalized spacial score (nSPS) is 10.4. The Balaban J connectivity index is 0. The van der Waals surface area contributed by atoms with E-state index >= 15 is 0 Å². The fraction of sp³-hybridized carbons (Fsp3) is 0.769. The number of unbranched alkanes of at least 4 members (excludes halogenated alkanes) is 1. The molecule has 0 heterocycles. The van der Waals surface area contributed by atoms with E-state index in [9.17, 15) is 4.79 Å². The molecule has 0 atom stereocenters. The summed E-state index contributed by atoms with van der Waals surface area (Å²) in [5, 5.41) is 0. The summed E-state index contributed by atoms with van der Waals surface area (Å²) in [6.07, 6.45) is 4.13. The lowest BCUT2D eigenvalue weighted by Gasteiger charge is -2.24. The van der Waals surface area contributed by atoms with Gasteiger partial charge in [0.2, 0.25) is 0 Å². The quantitative estimate of drug-likeness (QED) is 0.219. The number of hydrogen-bond acceptors (Lipinski definition) is 6. The molecule has 0 rings (SSSR count). The van der Waals surface area contributed by atoms with Crippen LogP contribution >= 0.6 is 0 Å². The standard InChI is InChI=1S/C7H12O2.C6H17NO3Si/c1-3-5-6-9-7(8)4-2;1-4-5-11(8-2,9-3)10-6-7/h4H,2-3,5-6H2,1H3;4-7H2,1-3H3. The second kappa shape index (κ2) is 14.7. The summed E-state index contributed by atoms with van der Waals surface area (Å²) in [6.45, 7) is 8.04. The van der Waals surface area contributed by atoms with Gasteiger partial charge in [-0.05, 0) is 6.42 Å².